The van der Waals surface area contributed by atoms with Crippen molar-refractivity contribution in [1.82, 2.24) is 14.9 Å². The predicted octanol–water partition coefficient (Wildman–Crippen LogP) is 4.58. The number of fused-ring (bicyclic) bond motifs is 1. The number of ether oxygens (including phenoxy) is 2. The lowest BCUT2D eigenvalue weighted by Gasteiger charge is -2.36. The van der Waals surface area contributed by atoms with E-state index in [0.717, 1.165) is 39.3 Å². The number of piperazine rings is 1. The van der Waals surface area contributed by atoms with Crippen LogP contribution in [0.1, 0.15) is 42.4 Å². The summed E-state index contributed by atoms with van der Waals surface area (Å²) in [7, 11) is 1.65. The van der Waals surface area contributed by atoms with E-state index in [1.165, 1.54) is 0 Å². The molecule has 1 amide bonds. The van der Waals surface area contributed by atoms with Crippen molar-refractivity contribution in [2.24, 2.45) is 0 Å². The molecule has 4 rings (SSSR count). The summed E-state index contributed by atoms with van der Waals surface area (Å²) in [5, 5.41) is 13.9. The monoisotopic (exact) mass is 488 g/mol. The molecule has 0 radical (unpaired) electrons. The molecule has 1 N–H and O–H groups in total. The van der Waals surface area contributed by atoms with E-state index in [9.17, 15) is 10.1 Å². The maximum absolute atomic E-state index is 12.1. The molecule has 0 unspecified atom stereocenters. The highest BCUT2D eigenvalue weighted by molar-refractivity contribution is 5.94. The number of methoxy groups -OCH3 is 1. The first-order chi connectivity index (χ1) is 17.4. The Balaban J connectivity index is 1.67. The molecule has 9 heteroatoms. The summed E-state index contributed by atoms with van der Waals surface area (Å²) in [6, 6.07) is 11.9. The van der Waals surface area contributed by atoms with Crippen LogP contribution in [0.3, 0.4) is 0 Å². The van der Waals surface area contributed by atoms with Gasteiger partial charge in [0.1, 0.15) is 17.4 Å². The van der Waals surface area contributed by atoms with Crippen molar-refractivity contribution in [2.45, 2.75) is 33.7 Å². The summed E-state index contributed by atoms with van der Waals surface area (Å²) in [5.74, 6) is 2.10. The fraction of sp³-hybridized carbons (Fsp3) is 0.407. The maximum Gasteiger partial charge on any atom is 0.409 e. The highest BCUT2D eigenvalue weighted by Gasteiger charge is 2.25. The van der Waals surface area contributed by atoms with Crippen LogP contribution in [0, 0.1) is 25.2 Å². The van der Waals surface area contributed by atoms with Gasteiger partial charge >= 0.3 is 6.09 Å². The standard InChI is InChI=1S/C27H32N6O3/c1-6-36-27(34)33-12-10-32(11-13-33)24-14-22-23(15-25(24)35-5)30-19(4)31-26(22)29-18(3)21-9-7-8-20(16-28)17(21)2/h7-9,14-15,18H,6,10-13H2,1-5H3,(H,29,30,31)/t18-/m1/s1. The molecule has 1 fully saturated rings. The van der Waals surface area contributed by atoms with Crippen LogP contribution in [0.15, 0.2) is 30.3 Å². The largest absolute Gasteiger partial charge is 0.495 e. The lowest BCUT2D eigenvalue weighted by Crippen LogP contribution is -2.49. The Bertz CT molecular complexity index is 1310. The number of hydrogen-bond acceptors (Lipinski definition) is 8. The van der Waals surface area contributed by atoms with Gasteiger partial charge in [0.05, 0.1) is 42.6 Å². The Labute approximate surface area is 211 Å². The minimum Gasteiger partial charge on any atom is -0.495 e. The third-order valence-corrected chi connectivity index (χ3v) is 6.57. The number of anilines is 2. The second kappa shape index (κ2) is 10.7. The number of carbonyl (C=O) groups is 1. The Morgan fingerprint density at radius 1 is 1.19 bits per heavy atom. The van der Waals surface area contributed by atoms with Gasteiger partial charge in [0.15, 0.2) is 0 Å². The van der Waals surface area contributed by atoms with Gasteiger partial charge in [0.2, 0.25) is 0 Å². The zero-order valence-corrected chi connectivity index (χ0v) is 21.5. The molecule has 1 saturated heterocycles. The first-order valence-corrected chi connectivity index (χ1v) is 12.1. The van der Waals surface area contributed by atoms with Gasteiger partial charge in [-0.25, -0.2) is 14.8 Å². The van der Waals surface area contributed by atoms with Gasteiger partial charge in [-0.3, -0.25) is 0 Å². The van der Waals surface area contributed by atoms with Crippen LogP contribution in [-0.4, -0.2) is 60.9 Å². The van der Waals surface area contributed by atoms with Gasteiger partial charge in [0.25, 0.3) is 0 Å². The zero-order valence-electron chi connectivity index (χ0n) is 21.5. The minimum absolute atomic E-state index is 0.0746. The Morgan fingerprint density at radius 3 is 2.61 bits per heavy atom. The summed E-state index contributed by atoms with van der Waals surface area (Å²) in [5.41, 5.74) is 4.38. The fourth-order valence-corrected chi connectivity index (χ4v) is 4.65. The number of rotatable bonds is 6. The molecule has 188 valence electrons. The second-order valence-electron chi connectivity index (χ2n) is 8.83. The minimum atomic E-state index is -0.275. The molecule has 2 heterocycles. The summed E-state index contributed by atoms with van der Waals surface area (Å²) in [4.78, 5) is 25.4. The maximum atomic E-state index is 12.1. The Hall–Kier alpha value is -4.06. The lowest BCUT2D eigenvalue weighted by atomic mass is 9.98. The summed E-state index contributed by atoms with van der Waals surface area (Å²) >= 11 is 0. The summed E-state index contributed by atoms with van der Waals surface area (Å²) < 4.78 is 10.9. The smallest absolute Gasteiger partial charge is 0.409 e. The van der Waals surface area contributed by atoms with Crippen LogP contribution in [0.5, 0.6) is 5.75 Å². The van der Waals surface area contributed by atoms with Gasteiger partial charge in [-0.15, -0.1) is 0 Å². The number of nitrogens with zero attached hydrogens (tertiary/aromatic N) is 5. The third-order valence-electron chi connectivity index (χ3n) is 6.57. The van der Waals surface area contributed by atoms with E-state index < -0.39 is 0 Å². The number of aryl methyl sites for hydroxylation is 1. The first kappa shape index (κ1) is 25.0. The molecule has 1 atom stereocenters. The lowest BCUT2D eigenvalue weighted by molar-refractivity contribution is 0.105. The molecule has 0 aliphatic carbocycles. The van der Waals surface area contributed by atoms with Crippen LogP contribution >= 0.6 is 0 Å². The van der Waals surface area contributed by atoms with Gasteiger partial charge in [0, 0.05) is 37.6 Å². The van der Waals surface area contributed by atoms with Gasteiger partial charge < -0.3 is 24.6 Å². The summed E-state index contributed by atoms with van der Waals surface area (Å²) in [6.45, 7) is 10.5. The van der Waals surface area contributed by atoms with Crippen LogP contribution in [-0.2, 0) is 4.74 Å². The van der Waals surface area contributed by atoms with Gasteiger partial charge in [-0.1, -0.05) is 12.1 Å². The van der Waals surface area contributed by atoms with E-state index in [2.05, 4.69) is 34.3 Å². The second-order valence-corrected chi connectivity index (χ2v) is 8.83. The third kappa shape index (κ3) is 4.98. The molecular formula is C27H32N6O3. The van der Waals surface area contributed by atoms with Crippen molar-refractivity contribution in [1.29, 1.82) is 5.26 Å². The highest BCUT2D eigenvalue weighted by Crippen LogP contribution is 2.36. The van der Waals surface area contributed by atoms with Crippen LogP contribution in [0.4, 0.5) is 16.3 Å². The molecule has 3 aromatic rings. The van der Waals surface area contributed by atoms with E-state index in [4.69, 9.17) is 14.5 Å². The Morgan fingerprint density at radius 2 is 1.94 bits per heavy atom. The highest BCUT2D eigenvalue weighted by atomic mass is 16.6. The number of nitrogens with one attached hydrogen (secondary N) is 1. The van der Waals surface area contributed by atoms with E-state index >= 15 is 0 Å². The molecule has 1 aromatic heterocycles. The number of aromatic nitrogens is 2. The van der Waals surface area contributed by atoms with E-state index in [0.29, 0.717) is 44.2 Å². The van der Waals surface area contributed by atoms with Crippen molar-refractivity contribution in [3.63, 3.8) is 0 Å². The number of amides is 1. The molecular weight excluding hydrogens is 456 g/mol. The zero-order chi connectivity index (χ0) is 25.8. The van der Waals surface area contributed by atoms with Crippen molar-refractivity contribution in [2.75, 3.05) is 50.1 Å². The van der Waals surface area contributed by atoms with Crippen LogP contribution in [0.2, 0.25) is 0 Å². The number of nitriles is 1. The first-order valence-electron chi connectivity index (χ1n) is 12.1. The van der Waals surface area contributed by atoms with E-state index in [1.807, 2.05) is 45.0 Å². The molecule has 2 aromatic carbocycles. The van der Waals surface area contributed by atoms with E-state index in [1.54, 1.807) is 12.0 Å². The van der Waals surface area contributed by atoms with Crippen molar-refractivity contribution in [3.8, 4) is 11.8 Å². The number of benzene rings is 2. The molecule has 0 saturated carbocycles. The topological polar surface area (TPSA) is 104 Å². The molecule has 1 aliphatic rings. The average molecular weight is 489 g/mol. The van der Waals surface area contributed by atoms with Crippen LogP contribution < -0.4 is 15.0 Å². The summed E-state index contributed by atoms with van der Waals surface area (Å²) in [6.07, 6.45) is -0.275. The molecule has 36 heavy (non-hydrogen) atoms. The number of carbonyl (C=O) groups excluding carboxylic acids is 1. The quantitative estimate of drug-likeness (QED) is 0.538. The molecule has 1 aliphatic heterocycles. The van der Waals surface area contributed by atoms with Gasteiger partial charge in [-0.05, 0) is 51.0 Å². The van der Waals surface area contributed by atoms with Crippen molar-refractivity contribution in [3.05, 3.63) is 52.8 Å². The van der Waals surface area contributed by atoms with Crippen molar-refractivity contribution >= 4 is 28.5 Å². The SMILES string of the molecule is CCOC(=O)N1CCN(c2cc3c(N[C@H](C)c4cccc(C#N)c4C)nc(C)nc3cc2OC)CC1. The normalized spacial score (nSPS) is 14.3. The fourth-order valence-electron chi connectivity index (χ4n) is 4.65. The molecule has 0 bridgehead atoms. The van der Waals surface area contributed by atoms with E-state index in [-0.39, 0.29) is 12.1 Å². The number of hydrogen-bond donors (Lipinski definition) is 1. The van der Waals surface area contributed by atoms with Crippen LogP contribution in [0.25, 0.3) is 10.9 Å². The molecule has 9 nitrogen and oxygen atoms in total. The van der Waals surface area contributed by atoms with Crippen molar-refractivity contribution < 1.29 is 14.3 Å². The predicted molar refractivity (Wildman–Crippen MR) is 140 cm³/mol. The molecule has 0 spiro atoms. The Kier molecular flexibility index (Phi) is 7.44. The van der Waals surface area contributed by atoms with Gasteiger partial charge in [-0.2, -0.15) is 5.26 Å². The average Bonchev–Trinajstić information content (AvgIpc) is 2.88.